The standard InChI is InChI=1S/C22H29N3/c1-15-8-9-16(2)24(15)20-12-19(14-22(5,6)7)13-21(23-20)25-17(3)10-11-18(25)4/h8-13H,14H2,1-7H3. The summed E-state index contributed by atoms with van der Waals surface area (Å²) < 4.78 is 4.48. The summed E-state index contributed by atoms with van der Waals surface area (Å²) in [6.45, 7) is 15.4. The summed E-state index contributed by atoms with van der Waals surface area (Å²) in [4.78, 5) is 5.02. The zero-order chi connectivity index (χ0) is 18.4. The van der Waals surface area contributed by atoms with Gasteiger partial charge in [-0.15, -0.1) is 0 Å². The summed E-state index contributed by atoms with van der Waals surface area (Å²) in [5.74, 6) is 2.01. The molecule has 3 rings (SSSR count). The molecule has 0 aliphatic rings. The van der Waals surface area contributed by atoms with Crippen LogP contribution in [0.25, 0.3) is 11.6 Å². The number of hydrogen-bond acceptors (Lipinski definition) is 1. The van der Waals surface area contributed by atoms with Crippen molar-refractivity contribution in [2.75, 3.05) is 0 Å². The third-order valence-corrected chi connectivity index (χ3v) is 4.59. The van der Waals surface area contributed by atoms with Crippen molar-refractivity contribution in [3.63, 3.8) is 0 Å². The molecule has 0 aliphatic heterocycles. The Labute approximate surface area is 151 Å². The molecule has 25 heavy (non-hydrogen) atoms. The van der Waals surface area contributed by atoms with Crippen molar-refractivity contribution in [1.29, 1.82) is 0 Å². The molecular formula is C22H29N3. The average Bonchev–Trinajstić information content (AvgIpc) is 2.99. The molecule has 3 heteroatoms. The monoisotopic (exact) mass is 335 g/mol. The van der Waals surface area contributed by atoms with Gasteiger partial charge in [0.05, 0.1) is 0 Å². The van der Waals surface area contributed by atoms with Gasteiger partial charge in [0, 0.05) is 22.8 Å². The van der Waals surface area contributed by atoms with E-state index >= 15 is 0 Å². The number of nitrogens with zero attached hydrogens (tertiary/aromatic N) is 3. The molecule has 0 amide bonds. The highest BCUT2D eigenvalue weighted by molar-refractivity contribution is 5.43. The Morgan fingerprint density at radius 2 is 1.08 bits per heavy atom. The molecule has 0 fully saturated rings. The van der Waals surface area contributed by atoms with Crippen LogP contribution in [0.1, 0.15) is 49.1 Å². The highest BCUT2D eigenvalue weighted by Gasteiger charge is 2.16. The zero-order valence-electron chi connectivity index (χ0n) is 16.5. The van der Waals surface area contributed by atoms with Crippen LogP contribution in [0.3, 0.4) is 0 Å². The van der Waals surface area contributed by atoms with Crippen LogP contribution in [0.5, 0.6) is 0 Å². The van der Waals surface area contributed by atoms with Crippen LogP contribution in [0, 0.1) is 33.1 Å². The third kappa shape index (κ3) is 3.55. The van der Waals surface area contributed by atoms with Crippen LogP contribution in [-0.2, 0) is 6.42 Å². The molecule has 0 N–H and O–H groups in total. The van der Waals surface area contributed by atoms with E-state index in [4.69, 9.17) is 4.98 Å². The van der Waals surface area contributed by atoms with E-state index in [1.807, 2.05) is 0 Å². The normalized spacial score (nSPS) is 12.0. The molecule has 3 aromatic rings. The third-order valence-electron chi connectivity index (χ3n) is 4.59. The van der Waals surface area contributed by atoms with Gasteiger partial charge in [0.15, 0.2) is 0 Å². The van der Waals surface area contributed by atoms with E-state index in [0.717, 1.165) is 18.1 Å². The molecule has 0 unspecified atom stereocenters. The quantitative estimate of drug-likeness (QED) is 0.621. The van der Waals surface area contributed by atoms with Gasteiger partial charge in [-0.25, -0.2) is 4.98 Å². The second kappa shape index (κ2) is 6.21. The molecule has 0 aliphatic carbocycles. The SMILES string of the molecule is Cc1ccc(C)n1-c1cc(CC(C)(C)C)cc(-n2c(C)ccc2C)n1. The smallest absolute Gasteiger partial charge is 0.139 e. The van der Waals surface area contributed by atoms with E-state index in [9.17, 15) is 0 Å². The van der Waals surface area contributed by atoms with Crippen LogP contribution in [0.15, 0.2) is 36.4 Å². The van der Waals surface area contributed by atoms with Crippen LogP contribution >= 0.6 is 0 Å². The van der Waals surface area contributed by atoms with Crippen LogP contribution in [-0.4, -0.2) is 14.1 Å². The summed E-state index contributed by atoms with van der Waals surface area (Å²) >= 11 is 0. The van der Waals surface area contributed by atoms with E-state index in [-0.39, 0.29) is 5.41 Å². The molecule has 0 saturated carbocycles. The van der Waals surface area contributed by atoms with Gasteiger partial charge < -0.3 is 9.13 Å². The maximum Gasteiger partial charge on any atom is 0.139 e. The topological polar surface area (TPSA) is 22.8 Å². The fraction of sp³-hybridized carbons (Fsp3) is 0.409. The number of rotatable bonds is 3. The van der Waals surface area contributed by atoms with Crippen molar-refractivity contribution < 1.29 is 0 Å². The molecule has 0 spiro atoms. The molecule has 0 bridgehead atoms. The molecule has 3 heterocycles. The average molecular weight is 335 g/mol. The molecule has 0 radical (unpaired) electrons. The van der Waals surface area contributed by atoms with E-state index in [1.165, 1.54) is 28.3 Å². The minimum absolute atomic E-state index is 0.234. The van der Waals surface area contributed by atoms with Gasteiger partial charge in [0.1, 0.15) is 11.6 Å². The largest absolute Gasteiger partial charge is 0.303 e. The number of aryl methyl sites for hydroxylation is 4. The summed E-state index contributed by atoms with van der Waals surface area (Å²) in [6, 6.07) is 13.1. The Morgan fingerprint density at radius 3 is 1.40 bits per heavy atom. The first-order valence-corrected chi connectivity index (χ1v) is 8.97. The number of aromatic nitrogens is 3. The van der Waals surface area contributed by atoms with Gasteiger partial charge in [0.25, 0.3) is 0 Å². The fourth-order valence-corrected chi connectivity index (χ4v) is 3.56. The lowest BCUT2D eigenvalue weighted by atomic mass is 9.88. The van der Waals surface area contributed by atoms with Gasteiger partial charge >= 0.3 is 0 Å². The van der Waals surface area contributed by atoms with Crippen molar-refractivity contribution in [3.05, 3.63) is 64.7 Å². The Bertz CT molecular complexity index is 800. The fourth-order valence-electron chi connectivity index (χ4n) is 3.56. The maximum absolute atomic E-state index is 5.02. The molecule has 0 atom stereocenters. The van der Waals surface area contributed by atoms with E-state index in [2.05, 4.69) is 94.0 Å². The lowest BCUT2D eigenvalue weighted by Gasteiger charge is -2.21. The predicted octanol–water partition coefficient (Wildman–Crippen LogP) is 5.49. The first-order valence-electron chi connectivity index (χ1n) is 8.97. The van der Waals surface area contributed by atoms with Crippen LogP contribution in [0.4, 0.5) is 0 Å². The lowest BCUT2D eigenvalue weighted by Crippen LogP contribution is -2.13. The van der Waals surface area contributed by atoms with Crippen molar-refractivity contribution in [3.8, 4) is 11.6 Å². The summed E-state index contributed by atoms with van der Waals surface area (Å²) in [5.41, 5.74) is 6.41. The zero-order valence-corrected chi connectivity index (χ0v) is 16.5. The van der Waals surface area contributed by atoms with Crippen LogP contribution in [0.2, 0.25) is 0 Å². The highest BCUT2D eigenvalue weighted by Crippen LogP contribution is 2.26. The summed E-state index contributed by atoms with van der Waals surface area (Å²) in [5, 5.41) is 0. The first-order chi connectivity index (χ1) is 11.7. The Balaban J connectivity index is 2.22. The molecular weight excluding hydrogens is 306 g/mol. The first kappa shape index (κ1) is 17.5. The second-order valence-electron chi connectivity index (χ2n) is 8.33. The molecule has 3 aromatic heterocycles. The van der Waals surface area contributed by atoms with Gasteiger partial charge in [-0.3, -0.25) is 0 Å². The van der Waals surface area contributed by atoms with E-state index in [0.29, 0.717) is 0 Å². The number of pyridine rings is 1. The summed E-state index contributed by atoms with van der Waals surface area (Å²) in [6.07, 6.45) is 1.02. The second-order valence-corrected chi connectivity index (χ2v) is 8.33. The molecule has 3 nitrogen and oxygen atoms in total. The minimum atomic E-state index is 0.234. The van der Waals surface area contributed by atoms with Gasteiger partial charge in [-0.05, 0) is 81.5 Å². The minimum Gasteiger partial charge on any atom is -0.303 e. The number of hydrogen-bond donors (Lipinski definition) is 0. The van der Waals surface area contributed by atoms with Gasteiger partial charge in [-0.2, -0.15) is 0 Å². The lowest BCUT2D eigenvalue weighted by molar-refractivity contribution is 0.411. The predicted molar refractivity (Wildman–Crippen MR) is 105 cm³/mol. The van der Waals surface area contributed by atoms with Crippen molar-refractivity contribution in [2.24, 2.45) is 5.41 Å². The van der Waals surface area contributed by atoms with Gasteiger partial charge in [-0.1, -0.05) is 20.8 Å². The highest BCUT2D eigenvalue weighted by atomic mass is 15.1. The molecule has 0 saturated heterocycles. The Morgan fingerprint density at radius 1 is 0.720 bits per heavy atom. The molecule has 132 valence electrons. The van der Waals surface area contributed by atoms with E-state index < -0.39 is 0 Å². The van der Waals surface area contributed by atoms with Crippen molar-refractivity contribution >= 4 is 0 Å². The summed E-state index contributed by atoms with van der Waals surface area (Å²) in [7, 11) is 0. The van der Waals surface area contributed by atoms with Gasteiger partial charge in [0.2, 0.25) is 0 Å². The van der Waals surface area contributed by atoms with Crippen molar-refractivity contribution in [2.45, 2.75) is 54.9 Å². The van der Waals surface area contributed by atoms with E-state index in [1.54, 1.807) is 0 Å². The Kier molecular flexibility index (Phi) is 4.36. The van der Waals surface area contributed by atoms with Crippen molar-refractivity contribution in [1.82, 2.24) is 14.1 Å². The maximum atomic E-state index is 5.02. The molecule has 0 aromatic carbocycles. The Hall–Kier alpha value is -2.29. The van der Waals surface area contributed by atoms with Crippen LogP contribution < -0.4 is 0 Å².